The summed E-state index contributed by atoms with van der Waals surface area (Å²) in [5.74, 6) is 0.0994. The minimum absolute atomic E-state index is 0.0167. The molecule has 0 aliphatic carbocycles. The van der Waals surface area contributed by atoms with Gasteiger partial charge in [-0.25, -0.2) is 0 Å². The summed E-state index contributed by atoms with van der Waals surface area (Å²) in [7, 11) is 1.37. The van der Waals surface area contributed by atoms with Crippen LogP contribution in [0.25, 0.3) is 0 Å². The van der Waals surface area contributed by atoms with E-state index in [-0.39, 0.29) is 11.6 Å². The molecule has 1 aromatic heterocycles. The van der Waals surface area contributed by atoms with Crippen molar-refractivity contribution in [2.45, 2.75) is 32.0 Å². The highest BCUT2D eigenvalue weighted by molar-refractivity contribution is 5.92. The fraction of sp³-hybridized carbons (Fsp3) is 0.765. The number of likely N-dealkylation sites (tertiary alicyclic amines) is 1. The number of ether oxygens (including phenoxy) is 1. The average molecular weight is 374 g/mol. The molecule has 2 fully saturated rings. The van der Waals surface area contributed by atoms with Crippen LogP contribution in [0.5, 0.6) is 0 Å². The standard InChI is InChI=1S/C17H25F3N4O2/c1-12(23-7-9-26-10-8-23)13-3-5-24(6-4-13)16(25)14-11-15(17(18,19)20)21-22(14)2/h11-13H,3-10H2,1-2H3/t12-/m0/s1. The molecule has 0 unspecified atom stereocenters. The number of hydrogen-bond donors (Lipinski definition) is 0. The molecule has 9 heteroatoms. The van der Waals surface area contributed by atoms with Crippen LogP contribution in [0.2, 0.25) is 0 Å². The van der Waals surface area contributed by atoms with E-state index in [9.17, 15) is 18.0 Å². The van der Waals surface area contributed by atoms with Gasteiger partial charge in [-0.05, 0) is 25.7 Å². The smallest absolute Gasteiger partial charge is 0.379 e. The minimum atomic E-state index is -4.54. The number of nitrogens with zero attached hydrogens (tertiary/aromatic N) is 4. The maximum Gasteiger partial charge on any atom is 0.435 e. The van der Waals surface area contributed by atoms with E-state index in [1.54, 1.807) is 4.90 Å². The second-order valence-corrected chi connectivity index (χ2v) is 7.05. The SMILES string of the molecule is C[C@@H](C1CCN(C(=O)c2cc(C(F)(F)F)nn2C)CC1)N1CCOCC1. The summed E-state index contributed by atoms with van der Waals surface area (Å²) in [5, 5.41) is 3.43. The van der Waals surface area contributed by atoms with Crippen LogP contribution in [0.15, 0.2) is 6.07 Å². The van der Waals surface area contributed by atoms with E-state index in [0.717, 1.165) is 49.9 Å². The quantitative estimate of drug-likeness (QED) is 0.812. The van der Waals surface area contributed by atoms with Crippen molar-refractivity contribution in [2.24, 2.45) is 13.0 Å². The van der Waals surface area contributed by atoms with Gasteiger partial charge in [0.2, 0.25) is 0 Å². The number of halogens is 3. The summed E-state index contributed by atoms with van der Waals surface area (Å²) in [6, 6.07) is 1.26. The monoisotopic (exact) mass is 374 g/mol. The van der Waals surface area contributed by atoms with Crippen molar-refractivity contribution in [2.75, 3.05) is 39.4 Å². The highest BCUT2D eigenvalue weighted by Gasteiger charge is 2.37. The van der Waals surface area contributed by atoms with Crippen molar-refractivity contribution >= 4 is 5.91 Å². The van der Waals surface area contributed by atoms with E-state index in [0.29, 0.717) is 25.0 Å². The molecule has 2 saturated heterocycles. The number of piperidine rings is 1. The summed E-state index contributed by atoms with van der Waals surface area (Å²) in [6.45, 7) is 6.69. The molecule has 3 heterocycles. The first-order valence-electron chi connectivity index (χ1n) is 8.99. The molecule has 0 saturated carbocycles. The fourth-order valence-corrected chi connectivity index (χ4v) is 3.84. The van der Waals surface area contributed by atoms with Gasteiger partial charge in [-0.15, -0.1) is 0 Å². The van der Waals surface area contributed by atoms with Crippen molar-refractivity contribution in [3.63, 3.8) is 0 Å². The Bertz CT molecular complexity index is 632. The molecule has 1 amide bonds. The Morgan fingerprint density at radius 3 is 2.38 bits per heavy atom. The number of aryl methyl sites for hydroxylation is 1. The highest BCUT2D eigenvalue weighted by atomic mass is 19.4. The molecule has 0 aromatic carbocycles. The zero-order chi connectivity index (χ0) is 18.9. The van der Waals surface area contributed by atoms with E-state index >= 15 is 0 Å². The maximum atomic E-state index is 12.8. The Kier molecular flexibility index (Phi) is 5.57. The van der Waals surface area contributed by atoms with E-state index in [4.69, 9.17) is 4.74 Å². The lowest BCUT2D eigenvalue weighted by molar-refractivity contribution is -0.141. The second-order valence-electron chi connectivity index (χ2n) is 7.05. The Morgan fingerprint density at radius 2 is 1.85 bits per heavy atom. The number of morpholine rings is 1. The van der Waals surface area contributed by atoms with Crippen molar-refractivity contribution in [1.82, 2.24) is 19.6 Å². The zero-order valence-electron chi connectivity index (χ0n) is 15.1. The van der Waals surface area contributed by atoms with Crippen LogP contribution in [0.4, 0.5) is 13.2 Å². The van der Waals surface area contributed by atoms with Gasteiger partial charge in [0.15, 0.2) is 5.69 Å². The maximum absolute atomic E-state index is 12.8. The summed E-state index contributed by atoms with van der Waals surface area (Å²) >= 11 is 0. The van der Waals surface area contributed by atoms with Crippen LogP contribution < -0.4 is 0 Å². The largest absolute Gasteiger partial charge is 0.435 e. The van der Waals surface area contributed by atoms with Gasteiger partial charge in [-0.1, -0.05) is 0 Å². The zero-order valence-corrected chi connectivity index (χ0v) is 15.1. The highest BCUT2D eigenvalue weighted by Crippen LogP contribution is 2.30. The van der Waals surface area contributed by atoms with Gasteiger partial charge in [-0.3, -0.25) is 14.4 Å². The topological polar surface area (TPSA) is 50.6 Å². The summed E-state index contributed by atoms with van der Waals surface area (Å²) in [4.78, 5) is 16.7. The minimum Gasteiger partial charge on any atom is -0.379 e. The van der Waals surface area contributed by atoms with Crippen LogP contribution in [0.3, 0.4) is 0 Å². The van der Waals surface area contributed by atoms with Gasteiger partial charge in [0.05, 0.1) is 13.2 Å². The van der Waals surface area contributed by atoms with Crippen molar-refractivity contribution in [3.05, 3.63) is 17.5 Å². The molecule has 146 valence electrons. The van der Waals surface area contributed by atoms with Gasteiger partial charge in [0, 0.05) is 45.3 Å². The van der Waals surface area contributed by atoms with Crippen molar-refractivity contribution < 1.29 is 22.7 Å². The lowest BCUT2D eigenvalue weighted by Crippen LogP contribution is -2.49. The number of aromatic nitrogens is 2. The molecule has 0 bridgehead atoms. The number of amides is 1. The Labute approximate surface area is 150 Å². The number of rotatable bonds is 3. The summed E-state index contributed by atoms with van der Waals surface area (Å²) in [5.41, 5.74) is -1.05. The van der Waals surface area contributed by atoms with Gasteiger partial charge < -0.3 is 9.64 Å². The third-order valence-corrected chi connectivity index (χ3v) is 5.52. The molecule has 0 N–H and O–H groups in total. The first-order chi connectivity index (χ1) is 12.3. The lowest BCUT2D eigenvalue weighted by atomic mass is 9.89. The Balaban J connectivity index is 1.59. The van der Waals surface area contributed by atoms with Crippen LogP contribution in [0.1, 0.15) is 35.9 Å². The fourth-order valence-electron chi connectivity index (χ4n) is 3.84. The van der Waals surface area contributed by atoms with Crippen molar-refractivity contribution in [3.8, 4) is 0 Å². The number of carbonyl (C=O) groups is 1. The van der Waals surface area contributed by atoms with Crippen LogP contribution in [-0.2, 0) is 18.0 Å². The van der Waals surface area contributed by atoms with E-state index in [1.807, 2.05) is 0 Å². The van der Waals surface area contributed by atoms with Gasteiger partial charge >= 0.3 is 6.18 Å². The molecule has 2 aliphatic heterocycles. The van der Waals surface area contributed by atoms with Gasteiger partial charge in [0.25, 0.3) is 5.91 Å². The predicted molar refractivity (Wildman–Crippen MR) is 88.7 cm³/mol. The Hall–Kier alpha value is -1.61. The second kappa shape index (κ2) is 7.56. The number of alkyl halides is 3. The third kappa shape index (κ3) is 4.03. The van der Waals surface area contributed by atoms with Crippen LogP contribution in [0, 0.1) is 5.92 Å². The molecular weight excluding hydrogens is 349 g/mol. The molecule has 6 nitrogen and oxygen atoms in total. The summed E-state index contributed by atoms with van der Waals surface area (Å²) in [6.07, 6.45) is -2.83. The molecule has 26 heavy (non-hydrogen) atoms. The van der Waals surface area contributed by atoms with Gasteiger partial charge in [0.1, 0.15) is 5.69 Å². The first-order valence-corrected chi connectivity index (χ1v) is 8.99. The Morgan fingerprint density at radius 1 is 1.23 bits per heavy atom. The predicted octanol–water partition coefficient (Wildman–Crippen LogP) is 2.01. The van der Waals surface area contributed by atoms with Gasteiger partial charge in [-0.2, -0.15) is 18.3 Å². The molecular formula is C17H25F3N4O2. The molecule has 0 radical (unpaired) electrons. The normalized spacial score (nSPS) is 21.8. The van der Waals surface area contributed by atoms with Crippen LogP contribution in [-0.4, -0.2) is 70.9 Å². The molecule has 1 aromatic rings. The molecule has 0 spiro atoms. The number of carbonyl (C=O) groups excluding carboxylic acids is 1. The molecule has 3 rings (SSSR count). The van der Waals surface area contributed by atoms with E-state index in [1.165, 1.54) is 7.05 Å². The average Bonchev–Trinajstić information content (AvgIpc) is 3.03. The van der Waals surface area contributed by atoms with E-state index in [2.05, 4.69) is 16.9 Å². The third-order valence-electron chi connectivity index (χ3n) is 5.52. The first kappa shape index (κ1) is 19.2. The summed E-state index contributed by atoms with van der Waals surface area (Å²) < 4.78 is 44.8. The van der Waals surface area contributed by atoms with E-state index < -0.39 is 11.9 Å². The lowest BCUT2D eigenvalue weighted by Gasteiger charge is -2.41. The number of hydrogen-bond acceptors (Lipinski definition) is 4. The van der Waals surface area contributed by atoms with Crippen molar-refractivity contribution in [1.29, 1.82) is 0 Å². The molecule has 1 atom stereocenters. The molecule has 2 aliphatic rings. The van der Waals surface area contributed by atoms with Crippen LogP contribution >= 0.6 is 0 Å².